The normalized spacial score (nSPS) is 12.2. The van der Waals surface area contributed by atoms with Gasteiger partial charge in [-0.25, -0.2) is 4.79 Å². The number of Topliss-reactive ketones (excluding diaryl/α,β-unsaturated/α-hetero) is 1. The first-order chi connectivity index (χ1) is 14.3. The molecule has 0 radical (unpaired) electrons. The molecule has 0 fully saturated rings. The fraction of sp³-hybridized carbons (Fsp3) is 0.292. The van der Waals surface area contributed by atoms with Crippen LogP contribution in [0.3, 0.4) is 0 Å². The van der Waals surface area contributed by atoms with E-state index in [1.54, 1.807) is 27.0 Å². The number of benzene rings is 2. The van der Waals surface area contributed by atoms with Gasteiger partial charge in [0.15, 0.2) is 5.78 Å². The van der Waals surface area contributed by atoms with E-state index in [-0.39, 0.29) is 12.2 Å². The number of nitrogens with one attached hydrogen (secondary N) is 2. The SMILES string of the molecule is CC(C)(C)OC(=O)N[C@@H](Cc1ccccc1)C(=O)Cc1cccc(-c2cn[nH]c2)c1. The maximum atomic E-state index is 13.1. The lowest BCUT2D eigenvalue weighted by atomic mass is 9.96. The Labute approximate surface area is 176 Å². The monoisotopic (exact) mass is 405 g/mol. The van der Waals surface area contributed by atoms with Gasteiger partial charge in [0.25, 0.3) is 0 Å². The molecule has 6 heteroatoms. The van der Waals surface area contributed by atoms with E-state index in [0.717, 1.165) is 22.3 Å². The molecule has 0 aliphatic heterocycles. The van der Waals surface area contributed by atoms with Gasteiger partial charge in [-0.15, -0.1) is 0 Å². The summed E-state index contributed by atoms with van der Waals surface area (Å²) in [7, 11) is 0. The molecular weight excluding hydrogens is 378 g/mol. The van der Waals surface area contributed by atoms with Crippen molar-refractivity contribution in [1.29, 1.82) is 0 Å². The molecule has 0 saturated heterocycles. The summed E-state index contributed by atoms with van der Waals surface area (Å²) < 4.78 is 5.36. The van der Waals surface area contributed by atoms with E-state index in [0.29, 0.717) is 6.42 Å². The van der Waals surface area contributed by atoms with Gasteiger partial charge in [0.2, 0.25) is 0 Å². The molecule has 30 heavy (non-hydrogen) atoms. The molecule has 0 spiro atoms. The molecule has 6 nitrogen and oxygen atoms in total. The quantitative estimate of drug-likeness (QED) is 0.613. The van der Waals surface area contributed by atoms with Crippen LogP contribution in [-0.2, 0) is 22.4 Å². The van der Waals surface area contributed by atoms with Crippen LogP contribution in [0.25, 0.3) is 11.1 Å². The minimum atomic E-state index is -0.681. The van der Waals surface area contributed by atoms with Crippen LogP contribution in [0.2, 0.25) is 0 Å². The fourth-order valence-corrected chi connectivity index (χ4v) is 3.14. The average Bonchev–Trinajstić information content (AvgIpc) is 3.22. The van der Waals surface area contributed by atoms with Gasteiger partial charge in [0, 0.05) is 18.2 Å². The van der Waals surface area contributed by atoms with Crippen molar-refractivity contribution in [2.45, 2.75) is 45.3 Å². The number of amides is 1. The molecule has 1 amide bonds. The highest BCUT2D eigenvalue weighted by atomic mass is 16.6. The van der Waals surface area contributed by atoms with Gasteiger partial charge in [0.05, 0.1) is 12.2 Å². The molecule has 0 aliphatic carbocycles. The van der Waals surface area contributed by atoms with Crippen molar-refractivity contribution in [3.63, 3.8) is 0 Å². The summed E-state index contributed by atoms with van der Waals surface area (Å²) in [5, 5.41) is 9.53. The molecule has 1 aromatic heterocycles. The first-order valence-corrected chi connectivity index (χ1v) is 9.94. The van der Waals surface area contributed by atoms with Crippen molar-refractivity contribution in [3.05, 3.63) is 78.1 Å². The van der Waals surface area contributed by atoms with Gasteiger partial charge >= 0.3 is 6.09 Å². The Morgan fingerprint density at radius 3 is 2.43 bits per heavy atom. The van der Waals surface area contributed by atoms with Crippen LogP contribution in [0, 0.1) is 0 Å². The summed E-state index contributed by atoms with van der Waals surface area (Å²) in [6.45, 7) is 5.38. The molecule has 3 rings (SSSR count). The molecule has 1 atom stereocenters. The summed E-state index contributed by atoms with van der Waals surface area (Å²) in [5.41, 5.74) is 3.15. The summed E-state index contributed by atoms with van der Waals surface area (Å²) in [6, 6.07) is 16.7. The first-order valence-electron chi connectivity index (χ1n) is 9.94. The summed E-state index contributed by atoms with van der Waals surface area (Å²) in [4.78, 5) is 25.5. The topological polar surface area (TPSA) is 84.1 Å². The van der Waals surface area contributed by atoms with Crippen LogP contribution < -0.4 is 5.32 Å². The maximum Gasteiger partial charge on any atom is 0.408 e. The van der Waals surface area contributed by atoms with Gasteiger partial charge in [-0.1, -0.05) is 54.6 Å². The summed E-state index contributed by atoms with van der Waals surface area (Å²) in [5.74, 6) is -0.0749. The van der Waals surface area contributed by atoms with Crippen LogP contribution in [0.15, 0.2) is 67.0 Å². The second kappa shape index (κ2) is 9.39. The number of hydrogen-bond acceptors (Lipinski definition) is 4. The number of ketones is 1. The molecule has 156 valence electrons. The number of rotatable bonds is 7. The molecule has 2 N–H and O–H groups in total. The number of ether oxygens (including phenoxy) is 1. The molecule has 2 aromatic carbocycles. The third-order valence-corrected chi connectivity index (χ3v) is 4.50. The third kappa shape index (κ3) is 6.30. The number of nitrogens with zero attached hydrogens (tertiary/aromatic N) is 1. The fourth-order valence-electron chi connectivity index (χ4n) is 3.14. The van der Waals surface area contributed by atoms with Crippen molar-refractivity contribution in [2.24, 2.45) is 0 Å². The zero-order valence-electron chi connectivity index (χ0n) is 17.5. The highest BCUT2D eigenvalue weighted by molar-refractivity contribution is 5.89. The number of alkyl carbamates (subject to hydrolysis) is 1. The second-order valence-corrected chi connectivity index (χ2v) is 8.22. The van der Waals surface area contributed by atoms with Crippen LogP contribution in [0.4, 0.5) is 4.79 Å². The Bertz CT molecular complexity index is 976. The molecule has 0 aliphatic rings. The van der Waals surface area contributed by atoms with Gasteiger partial charge in [-0.05, 0) is 43.9 Å². The van der Waals surface area contributed by atoms with Crippen molar-refractivity contribution in [3.8, 4) is 11.1 Å². The highest BCUT2D eigenvalue weighted by Gasteiger charge is 2.24. The molecule has 0 unspecified atom stereocenters. The maximum absolute atomic E-state index is 13.1. The minimum Gasteiger partial charge on any atom is -0.444 e. The van der Waals surface area contributed by atoms with Crippen molar-refractivity contribution in [2.75, 3.05) is 0 Å². The number of H-pyrrole nitrogens is 1. The zero-order chi connectivity index (χ0) is 21.6. The van der Waals surface area contributed by atoms with Crippen molar-refractivity contribution < 1.29 is 14.3 Å². The Balaban J connectivity index is 1.75. The van der Waals surface area contributed by atoms with Gasteiger partial charge in [0.1, 0.15) is 5.60 Å². The minimum absolute atomic E-state index is 0.0749. The number of aromatic amines is 1. The van der Waals surface area contributed by atoms with Crippen LogP contribution >= 0.6 is 0 Å². The molecular formula is C24H27N3O3. The van der Waals surface area contributed by atoms with E-state index < -0.39 is 17.7 Å². The Hall–Kier alpha value is -3.41. The van der Waals surface area contributed by atoms with Gasteiger partial charge in [-0.2, -0.15) is 5.10 Å². The van der Waals surface area contributed by atoms with Crippen LogP contribution in [-0.4, -0.2) is 33.7 Å². The summed E-state index contributed by atoms with van der Waals surface area (Å²) >= 11 is 0. The smallest absolute Gasteiger partial charge is 0.408 e. The molecule has 0 saturated carbocycles. The van der Waals surface area contributed by atoms with Crippen molar-refractivity contribution in [1.82, 2.24) is 15.5 Å². The molecule has 1 heterocycles. The lowest BCUT2D eigenvalue weighted by Gasteiger charge is -2.23. The van der Waals surface area contributed by atoms with Gasteiger partial charge < -0.3 is 10.1 Å². The van der Waals surface area contributed by atoms with Crippen molar-refractivity contribution >= 4 is 11.9 Å². The second-order valence-electron chi connectivity index (χ2n) is 8.22. The number of aromatic nitrogens is 2. The van der Waals surface area contributed by atoms with Crippen LogP contribution in [0.5, 0.6) is 0 Å². The Kier molecular flexibility index (Phi) is 6.67. The van der Waals surface area contributed by atoms with E-state index in [2.05, 4.69) is 15.5 Å². The first kappa shape index (κ1) is 21.3. The van der Waals surface area contributed by atoms with E-state index >= 15 is 0 Å². The highest BCUT2D eigenvalue weighted by Crippen LogP contribution is 2.20. The van der Waals surface area contributed by atoms with E-state index in [9.17, 15) is 9.59 Å². The number of carbonyl (C=O) groups excluding carboxylic acids is 2. The van der Waals surface area contributed by atoms with Crippen LogP contribution in [0.1, 0.15) is 31.9 Å². The molecule has 3 aromatic rings. The zero-order valence-corrected chi connectivity index (χ0v) is 17.5. The lowest BCUT2D eigenvalue weighted by Crippen LogP contribution is -2.45. The summed E-state index contributed by atoms with van der Waals surface area (Å²) in [6.07, 6.45) is 3.56. The Morgan fingerprint density at radius 2 is 1.77 bits per heavy atom. The predicted molar refractivity (Wildman–Crippen MR) is 116 cm³/mol. The number of hydrogen-bond donors (Lipinski definition) is 2. The van der Waals surface area contributed by atoms with Gasteiger partial charge in [-0.3, -0.25) is 9.89 Å². The van der Waals surface area contributed by atoms with E-state index in [1.165, 1.54) is 0 Å². The third-order valence-electron chi connectivity index (χ3n) is 4.50. The standard InChI is InChI=1S/C24H27N3O3/c1-24(2,3)30-23(29)27-21(13-17-8-5-4-6-9-17)22(28)14-18-10-7-11-19(12-18)20-15-25-26-16-20/h4-12,15-16,21H,13-14H2,1-3H3,(H,25,26)(H,27,29)/t21-/m0/s1. The largest absolute Gasteiger partial charge is 0.444 e. The van der Waals surface area contributed by atoms with E-state index in [4.69, 9.17) is 4.74 Å². The average molecular weight is 405 g/mol. The Morgan fingerprint density at radius 1 is 1.03 bits per heavy atom. The van der Waals surface area contributed by atoms with E-state index in [1.807, 2.05) is 60.8 Å². The number of carbonyl (C=O) groups is 2. The lowest BCUT2D eigenvalue weighted by molar-refractivity contribution is -0.120. The predicted octanol–water partition coefficient (Wildman–Crippen LogP) is 4.32. The molecule has 0 bridgehead atoms.